The summed E-state index contributed by atoms with van der Waals surface area (Å²) in [6.45, 7) is 6.15. The number of methoxy groups -OCH3 is 1. The summed E-state index contributed by atoms with van der Waals surface area (Å²) in [6, 6.07) is 5.99. The molecule has 5 nitrogen and oxygen atoms in total. The highest BCUT2D eigenvalue weighted by molar-refractivity contribution is 5.98. The van der Waals surface area contributed by atoms with E-state index in [1.54, 1.807) is 6.07 Å². The molecular weight excluding hydrogens is 292 g/mol. The molecule has 0 unspecified atom stereocenters. The van der Waals surface area contributed by atoms with Crippen molar-refractivity contribution in [3.63, 3.8) is 0 Å². The summed E-state index contributed by atoms with van der Waals surface area (Å²) in [6.07, 6.45) is 3.81. The molecule has 1 aromatic carbocycles. The number of hydrogen-bond donors (Lipinski definition) is 1. The van der Waals surface area contributed by atoms with E-state index in [-0.39, 0.29) is 12.1 Å². The number of piperidine rings is 1. The Hall–Kier alpha value is -2.17. The average molecular weight is 316 g/mol. The van der Waals surface area contributed by atoms with Crippen molar-refractivity contribution in [1.29, 1.82) is 0 Å². The number of H-pyrrole nitrogens is 1. The lowest BCUT2D eigenvalue weighted by molar-refractivity contribution is 0.0595. The van der Waals surface area contributed by atoms with E-state index < -0.39 is 0 Å². The molecule has 1 aliphatic heterocycles. The molecule has 0 bridgehead atoms. The Balaban J connectivity index is 2.06. The van der Waals surface area contributed by atoms with Crippen LogP contribution in [0.2, 0.25) is 0 Å². The summed E-state index contributed by atoms with van der Waals surface area (Å²) < 4.78 is 10.8. The number of carbonyl (C=O) groups is 1. The first-order chi connectivity index (χ1) is 11.1. The lowest BCUT2D eigenvalue weighted by Crippen LogP contribution is -2.29. The van der Waals surface area contributed by atoms with Crippen molar-refractivity contribution in [2.24, 2.45) is 0 Å². The van der Waals surface area contributed by atoms with Crippen molar-refractivity contribution < 1.29 is 14.3 Å². The average Bonchev–Trinajstić information content (AvgIpc) is 2.99. The van der Waals surface area contributed by atoms with Crippen molar-refractivity contribution in [3.05, 3.63) is 23.9 Å². The fraction of sp³-hybridized carbons (Fsp3) is 0.500. The van der Waals surface area contributed by atoms with Crippen LogP contribution in [-0.4, -0.2) is 37.3 Å². The van der Waals surface area contributed by atoms with Gasteiger partial charge in [0.15, 0.2) is 0 Å². The molecule has 23 heavy (non-hydrogen) atoms. The summed E-state index contributed by atoms with van der Waals surface area (Å²) >= 11 is 0. The minimum absolute atomic E-state index is 0.0753. The fourth-order valence-corrected chi connectivity index (χ4v) is 3.10. The second-order valence-electron chi connectivity index (χ2n) is 6.29. The monoisotopic (exact) mass is 316 g/mol. The lowest BCUT2D eigenvalue weighted by Gasteiger charge is -2.29. The maximum absolute atomic E-state index is 11.8. The second-order valence-corrected chi connectivity index (χ2v) is 6.29. The molecule has 0 spiro atoms. The van der Waals surface area contributed by atoms with Gasteiger partial charge in [-0.1, -0.05) is 0 Å². The van der Waals surface area contributed by atoms with Crippen molar-refractivity contribution in [3.8, 4) is 5.75 Å². The van der Waals surface area contributed by atoms with E-state index in [0.29, 0.717) is 5.69 Å². The smallest absolute Gasteiger partial charge is 0.354 e. The maximum Gasteiger partial charge on any atom is 0.354 e. The number of fused-ring (bicyclic) bond motifs is 1. The maximum atomic E-state index is 11.8. The minimum Gasteiger partial charge on any atom is -0.490 e. The molecule has 1 N–H and O–H groups in total. The summed E-state index contributed by atoms with van der Waals surface area (Å²) in [5.41, 5.74) is 2.50. The van der Waals surface area contributed by atoms with Crippen LogP contribution in [0, 0.1) is 0 Å². The molecule has 2 aromatic rings. The number of ether oxygens (including phenoxy) is 2. The van der Waals surface area contributed by atoms with Crippen molar-refractivity contribution in [2.75, 3.05) is 25.1 Å². The first kappa shape index (κ1) is 15.7. The summed E-state index contributed by atoms with van der Waals surface area (Å²) in [4.78, 5) is 17.3. The van der Waals surface area contributed by atoms with Crippen molar-refractivity contribution in [1.82, 2.24) is 4.98 Å². The van der Waals surface area contributed by atoms with Crippen molar-refractivity contribution >= 4 is 22.6 Å². The number of hydrogen-bond acceptors (Lipinski definition) is 4. The van der Waals surface area contributed by atoms with Gasteiger partial charge in [-0.25, -0.2) is 4.79 Å². The fourth-order valence-electron chi connectivity index (χ4n) is 3.10. The first-order valence-corrected chi connectivity index (χ1v) is 8.25. The summed E-state index contributed by atoms with van der Waals surface area (Å²) in [5, 5.41) is 0.917. The van der Waals surface area contributed by atoms with Gasteiger partial charge in [-0.05, 0) is 45.2 Å². The van der Waals surface area contributed by atoms with Crippen LogP contribution in [0.3, 0.4) is 0 Å². The van der Waals surface area contributed by atoms with E-state index in [9.17, 15) is 4.79 Å². The highest BCUT2D eigenvalue weighted by atomic mass is 16.5. The number of carbonyl (C=O) groups excluding carboxylic acids is 1. The van der Waals surface area contributed by atoms with Crippen LogP contribution in [-0.2, 0) is 4.74 Å². The lowest BCUT2D eigenvalue weighted by atomic mass is 10.1. The van der Waals surface area contributed by atoms with Crippen LogP contribution >= 0.6 is 0 Å². The number of anilines is 1. The molecule has 1 aromatic heterocycles. The van der Waals surface area contributed by atoms with Gasteiger partial charge in [0.2, 0.25) is 0 Å². The Morgan fingerprint density at radius 3 is 2.57 bits per heavy atom. The van der Waals surface area contributed by atoms with Crippen LogP contribution in [0.25, 0.3) is 10.9 Å². The number of aromatic nitrogens is 1. The molecule has 0 atom stereocenters. The van der Waals surface area contributed by atoms with E-state index in [4.69, 9.17) is 9.47 Å². The molecule has 0 radical (unpaired) electrons. The Bertz CT molecular complexity index is 700. The Labute approximate surface area is 136 Å². The highest BCUT2D eigenvalue weighted by Crippen LogP contribution is 2.34. The van der Waals surface area contributed by atoms with Crippen LogP contribution in [0.5, 0.6) is 5.75 Å². The van der Waals surface area contributed by atoms with E-state index in [1.165, 1.54) is 26.4 Å². The zero-order valence-corrected chi connectivity index (χ0v) is 14.0. The standard InChI is InChI=1S/C18H24N2O3/c1-12(2)23-17-10-13(20-7-5-4-6-8-20)9-15-14(17)11-16(19-15)18(21)22-3/h9-12,19H,4-8H2,1-3H3. The molecule has 1 aliphatic rings. The molecule has 5 heteroatoms. The number of esters is 1. The van der Waals surface area contributed by atoms with Crippen LogP contribution in [0.1, 0.15) is 43.6 Å². The normalized spacial score (nSPS) is 15.2. The van der Waals surface area contributed by atoms with Gasteiger partial charge < -0.3 is 19.4 Å². The third kappa shape index (κ3) is 3.28. The van der Waals surface area contributed by atoms with E-state index in [2.05, 4.69) is 22.0 Å². The van der Waals surface area contributed by atoms with Gasteiger partial charge in [-0.15, -0.1) is 0 Å². The molecule has 1 fully saturated rings. The quantitative estimate of drug-likeness (QED) is 0.873. The minimum atomic E-state index is -0.365. The number of benzene rings is 1. The van der Waals surface area contributed by atoms with Gasteiger partial charge in [-0.3, -0.25) is 0 Å². The van der Waals surface area contributed by atoms with Crippen molar-refractivity contribution in [2.45, 2.75) is 39.2 Å². The molecule has 2 heterocycles. The molecule has 1 saturated heterocycles. The van der Waals surface area contributed by atoms with Gasteiger partial charge in [0.05, 0.1) is 18.7 Å². The molecule has 124 valence electrons. The van der Waals surface area contributed by atoms with E-state index in [1.807, 2.05) is 13.8 Å². The van der Waals surface area contributed by atoms with Gasteiger partial charge in [-0.2, -0.15) is 0 Å². The van der Waals surface area contributed by atoms with E-state index in [0.717, 1.165) is 35.4 Å². The van der Waals surface area contributed by atoms with Crippen LogP contribution in [0.15, 0.2) is 18.2 Å². The first-order valence-electron chi connectivity index (χ1n) is 8.25. The Morgan fingerprint density at radius 1 is 1.17 bits per heavy atom. The molecule has 0 aliphatic carbocycles. The zero-order valence-electron chi connectivity index (χ0n) is 14.0. The number of aromatic amines is 1. The summed E-state index contributed by atoms with van der Waals surface area (Å²) in [7, 11) is 1.39. The SMILES string of the molecule is COC(=O)c1cc2c(OC(C)C)cc(N3CCCCC3)cc2[nH]1. The van der Waals surface area contributed by atoms with Gasteiger partial charge in [0, 0.05) is 30.2 Å². The third-order valence-electron chi connectivity index (χ3n) is 4.17. The molecule has 3 rings (SSSR count). The second kappa shape index (κ2) is 6.52. The number of nitrogens with zero attached hydrogens (tertiary/aromatic N) is 1. The van der Waals surface area contributed by atoms with Crippen LogP contribution < -0.4 is 9.64 Å². The third-order valence-corrected chi connectivity index (χ3v) is 4.17. The Morgan fingerprint density at radius 2 is 1.91 bits per heavy atom. The highest BCUT2D eigenvalue weighted by Gasteiger charge is 2.18. The molecule has 0 saturated carbocycles. The predicted molar refractivity (Wildman–Crippen MR) is 91.5 cm³/mol. The molecule has 0 amide bonds. The zero-order chi connectivity index (χ0) is 16.4. The number of nitrogens with one attached hydrogen (secondary N) is 1. The van der Waals surface area contributed by atoms with Gasteiger partial charge in [0.1, 0.15) is 11.4 Å². The molecular formula is C18H24N2O3. The number of rotatable bonds is 4. The van der Waals surface area contributed by atoms with Gasteiger partial charge in [0.25, 0.3) is 0 Å². The van der Waals surface area contributed by atoms with E-state index >= 15 is 0 Å². The van der Waals surface area contributed by atoms with Gasteiger partial charge >= 0.3 is 5.97 Å². The Kier molecular flexibility index (Phi) is 4.46. The van der Waals surface area contributed by atoms with Crippen LogP contribution in [0.4, 0.5) is 5.69 Å². The predicted octanol–water partition coefficient (Wildman–Crippen LogP) is 3.73. The summed E-state index contributed by atoms with van der Waals surface area (Å²) in [5.74, 6) is 0.445. The largest absolute Gasteiger partial charge is 0.490 e. The topological polar surface area (TPSA) is 54.6 Å².